The summed E-state index contributed by atoms with van der Waals surface area (Å²) in [6.45, 7) is 2.05. The molecule has 0 amide bonds. The Labute approximate surface area is 66.7 Å². The van der Waals surface area contributed by atoms with E-state index in [0.717, 1.165) is 17.9 Å². The van der Waals surface area contributed by atoms with Crippen molar-refractivity contribution in [1.82, 2.24) is 9.78 Å². The highest BCUT2D eigenvalue weighted by molar-refractivity contribution is 7.80. The molecule has 0 aliphatic heterocycles. The zero-order valence-electron chi connectivity index (χ0n) is 6.33. The molecule has 0 unspecified atom stereocenters. The van der Waals surface area contributed by atoms with Crippen LogP contribution in [0.4, 0.5) is 0 Å². The molecule has 10 heavy (non-hydrogen) atoms. The second-order valence-corrected chi connectivity index (χ2v) is 2.82. The van der Waals surface area contributed by atoms with E-state index in [1.807, 2.05) is 11.7 Å². The van der Waals surface area contributed by atoms with Gasteiger partial charge in [-0.1, -0.05) is 0 Å². The predicted octanol–water partition coefficient (Wildman–Crippen LogP) is 1.20. The monoisotopic (exact) mass is 156 g/mol. The van der Waals surface area contributed by atoms with Crippen LogP contribution in [0.15, 0.2) is 6.07 Å². The molecule has 2 nitrogen and oxygen atoms in total. The van der Waals surface area contributed by atoms with Gasteiger partial charge >= 0.3 is 0 Å². The van der Waals surface area contributed by atoms with Crippen molar-refractivity contribution in [3.8, 4) is 0 Å². The summed E-state index contributed by atoms with van der Waals surface area (Å²) >= 11 is 4.13. The first-order chi connectivity index (χ1) is 4.74. The van der Waals surface area contributed by atoms with Crippen LogP contribution in [0, 0.1) is 6.92 Å². The predicted molar refractivity (Wildman–Crippen MR) is 45.5 cm³/mol. The molecule has 0 aliphatic rings. The Bertz CT molecular complexity index is 198. The SMILES string of the molecule is Cc1cc(CCS)nn1C. The molecule has 0 aromatic carbocycles. The van der Waals surface area contributed by atoms with Crippen LogP contribution < -0.4 is 0 Å². The minimum atomic E-state index is 0.871. The van der Waals surface area contributed by atoms with E-state index in [-0.39, 0.29) is 0 Å². The van der Waals surface area contributed by atoms with E-state index in [0.29, 0.717) is 0 Å². The summed E-state index contributed by atoms with van der Waals surface area (Å²) in [6, 6.07) is 2.09. The summed E-state index contributed by atoms with van der Waals surface area (Å²) in [5, 5.41) is 4.27. The van der Waals surface area contributed by atoms with Gasteiger partial charge in [0.15, 0.2) is 0 Å². The maximum Gasteiger partial charge on any atom is 0.0635 e. The minimum Gasteiger partial charge on any atom is -0.273 e. The van der Waals surface area contributed by atoms with E-state index in [9.17, 15) is 0 Å². The number of hydrogen-bond donors (Lipinski definition) is 1. The largest absolute Gasteiger partial charge is 0.273 e. The fraction of sp³-hybridized carbons (Fsp3) is 0.571. The van der Waals surface area contributed by atoms with Gasteiger partial charge in [0.1, 0.15) is 0 Å². The fourth-order valence-electron chi connectivity index (χ4n) is 0.872. The minimum absolute atomic E-state index is 0.871. The Morgan fingerprint density at radius 1 is 1.70 bits per heavy atom. The van der Waals surface area contributed by atoms with Gasteiger partial charge in [-0.05, 0) is 18.7 Å². The van der Waals surface area contributed by atoms with Crippen LogP contribution in [-0.2, 0) is 13.5 Å². The molecule has 1 aromatic heterocycles. The first-order valence-corrected chi connectivity index (χ1v) is 3.97. The number of nitrogens with zero attached hydrogens (tertiary/aromatic N) is 2. The van der Waals surface area contributed by atoms with Crippen LogP contribution in [0.2, 0.25) is 0 Å². The van der Waals surface area contributed by atoms with Crippen molar-refractivity contribution in [2.75, 3.05) is 5.75 Å². The van der Waals surface area contributed by atoms with Crippen molar-refractivity contribution in [3.63, 3.8) is 0 Å². The average Bonchev–Trinajstić information content (AvgIpc) is 2.14. The molecule has 0 fully saturated rings. The van der Waals surface area contributed by atoms with Gasteiger partial charge in [-0.3, -0.25) is 4.68 Å². The van der Waals surface area contributed by atoms with E-state index in [4.69, 9.17) is 0 Å². The average molecular weight is 156 g/mol. The van der Waals surface area contributed by atoms with Gasteiger partial charge in [-0.15, -0.1) is 0 Å². The Balaban J connectivity index is 2.77. The molecule has 1 aromatic rings. The second kappa shape index (κ2) is 3.10. The smallest absolute Gasteiger partial charge is 0.0635 e. The third-order valence-corrected chi connectivity index (χ3v) is 1.76. The zero-order chi connectivity index (χ0) is 7.56. The molecule has 0 radical (unpaired) electrons. The van der Waals surface area contributed by atoms with E-state index < -0.39 is 0 Å². The molecule has 3 heteroatoms. The van der Waals surface area contributed by atoms with Crippen molar-refractivity contribution in [3.05, 3.63) is 17.5 Å². The van der Waals surface area contributed by atoms with Gasteiger partial charge in [-0.2, -0.15) is 17.7 Å². The van der Waals surface area contributed by atoms with Crippen molar-refractivity contribution < 1.29 is 0 Å². The molecule has 0 bridgehead atoms. The van der Waals surface area contributed by atoms with E-state index in [1.165, 1.54) is 5.69 Å². The van der Waals surface area contributed by atoms with Crippen LogP contribution in [-0.4, -0.2) is 15.5 Å². The molecule has 56 valence electrons. The van der Waals surface area contributed by atoms with Gasteiger partial charge in [0, 0.05) is 19.2 Å². The first kappa shape index (κ1) is 7.66. The maximum atomic E-state index is 4.27. The van der Waals surface area contributed by atoms with Gasteiger partial charge < -0.3 is 0 Å². The number of thiol groups is 1. The molecule has 0 N–H and O–H groups in total. The first-order valence-electron chi connectivity index (χ1n) is 3.34. The van der Waals surface area contributed by atoms with Gasteiger partial charge in [0.05, 0.1) is 5.69 Å². The van der Waals surface area contributed by atoms with Crippen molar-refractivity contribution in [1.29, 1.82) is 0 Å². The highest BCUT2D eigenvalue weighted by atomic mass is 32.1. The molecule has 0 saturated carbocycles. The molecule has 1 rings (SSSR count). The summed E-state index contributed by atoms with van der Waals surface area (Å²) < 4.78 is 1.89. The number of hydrogen-bond acceptors (Lipinski definition) is 2. The lowest BCUT2D eigenvalue weighted by molar-refractivity contribution is 0.724. The van der Waals surface area contributed by atoms with E-state index in [2.05, 4.69) is 30.7 Å². The van der Waals surface area contributed by atoms with E-state index in [1.54, 1.807) is 0 Å². The van der Waals surface area contributed by atoms with Gasteiger partial charge in [0.25, 0.3) is 0 Å². The summed E-state index contributed by atoms with van der Waals surface area (Å²) in [4.78, 5) is 0. The van der Waals surface area contributed by atoms with Crippen LogP contribution in [0.25, 0.3) is 0 Å². The Morgan fingerprint density at radius 2 is 2.40 bits per heavy atom. The lowest BCUT2D eigenvalue weighted by Gasteiger charge is -1.89. The standard InChI is InChI=1S/C7H12N2S/c1-6-5-7(3-4-10)8-9(6)2/h5,10H,3-4H2,1-2H3. The number of aryl methyl sites for hydroxylation is 3. The Morgan fingerprint density at radius 3 is 2.80 bits per heavy atom. The number of rotatable bonds is 2. The van der Waals surface area contributed by atoms with Crippen molar-refractivity contribution in [2.45, 2.75) is 13.3 Å². The third kappa shape index (κ3) is 1.53. The van der Waals surface area contributed by atoms with Crippen LogP contribution in [0.5, 0.6) is 0 Å². The van der Waals surface area contributed by atoms with Gasteiger partial charge in [0.2, 0.25) is 0 Å². The second-order valence-electron chi connectivity index (χ2n) is 2.37. The van der Waals surface area contributed by atoms with Gasteiger partial charge in [-0.25, -0.2) is 0 Å². The quantitative estimate of drug-likeness (QED) is 0.637. The number of aromatic nitrogens is 2. The van der Waals surface area contributed by atoms with Crippen molar-refractivity contribution in [2.24, 2.45) is 7.05 Å². The Kier molecular flexibility index (Phi) is 2.38. The molecule has 0 saturated heterocycles. The van der Waals surface area contributed by atoms with Crippen LogP contribution in [0.3, 0.4) is 0 Å². The topological polar surface area (TPSA) is 17.8 Å². The van der Waals surface area contributed by atoms with E-state index >= 15 is 0 Å². The molecule has 0 atom stereocenters. The summed E-state index contributed by atoms with van der Waals surface area (Å²) in [7, 11) is 1.96. The molecular weight excluding hydrogens is 144 g/mol. The molecule has 1 heterocycles. The zero-order valence-corrected chi connectivity index (χ0v) is 7.23. The van der Waals surface area contributed by atoms with Crippen molar-refractivity contribution >= 4 is 12.6 Å². The van der Waals surface area contributed by atoms with Crippen LogP contribution in [0.1, 0.15) is 11.4 Å². The fourth-order valence-corrected chi connectivity index (χ4v) is 1.10. The normalized spacial score (nSPS) is 10.3. The molecule has 0 aliphatic carbocycles. The molecular formula is C7H12N2S. The highest BCUT2D eigenvalue weighted by Crippen LogP contribution is 2.01. The maximum absolute atomic E-state index is 4.27. The lowest BCUT2D eigenvalue weighted by atomic mass is 10.3. The highest BCUT2D eigenvalue weighted by Gasteiger charge is 1.97. The third-order valence-electron chi connectivity index (χ3n) is 1.53. The summed E-state index contributed by atoms with van der Waals surface area (Å²) in [5.41, 5.74) is 2.34. The lowest BCUT2D eigenvalue weighted by Crippen LogP contribution is -1.94. The molecule has 0 spiro atoms. The Hall–Kier alpha value is -0.440. The summed E-state index contributed by atoms with van der Waals surface area (Å²) in [5.74, 6) is 0.871. The summed E-state index contributed by atoms with van der Waals surface area (Å²) in [6.07, 6.45) is 0.963. The van der Waals surface area contributed by atoms with Crippen LogP contribution >= 0.6 is 12.6 Å².